The predicted molar refractivity (Wildman–Crippen MR) is 131 cm³/mol. The van der Waals surface area contributed by atoms with Gasteiger partial charge in [0.25, 0.3) is 0 Å². The smallest absolute Gasteiger partial charge is 0.410 e. The zero-order valence-corrected chi connectivity index (χ0v) is 22.4. The van der Waals surface area contributed by atoms with E-state index in [-0.39, 0.29) is 17.6 Å². The monoisotopic (exact) mass is 519 g/mol. The fourth-order valence-electron chi connectivity index (χ4n) is 4.16. The highest BCUT2D eigenvalue weighted by Gasteiger charge is 2.31. The number of aromatic nitrogens is 2. The molecule has 36 heavy (non-hydrogen) atoms. The molecule has 0 bridgehead atoms. The number of benzene rings is 1. The maximum Gasteiger partial charge on any atom is 0.410 e. The van der Waals surface area contributed by atoms with E-state index in [4.69, 9.17) is 18.9 Å². The van der Waals surface area contributed by atoms with Crippen LogP contribution in [0.1, 0.15) is 61.4 Å². The molecule has 1 fully saturated rings. The number of carbonyl (C=O) groups is 1. The van der Waals surface area contributed by atoms with Crippen LogP contribution in [-0.4, -0.2) is 61.0 Å². The lowest BCUT2D eigenvalue weighted by Gasteiger charge is -2.31. The van der Waals surface area contributed by atoms with Crippen LogP contribution in [0.5, 0.6) is 11.6 Å². The molecular formula is C25H33N3O7S. The van der Waals surface area contributed by atoms with E-state index in [0.29, 0.717) is 43.2 Å². The van der Waals surface area contributed by atoms with E-state index < -0.39 is 27.8 Å². The Kier molecular flexibility index (Phi) is 7.27. The summed E-state index contributed by atoms with van der Waals surface area (Å²) in [5.74, 6) is 0.748. The van der Waals surface area contributed by atoms with Gasteiger partial charge in [-0.15, -0.1) is 0 Å². The number of ether oxygens (including phenoxy) is 4. The van der Waals surface area contributed by atoms with Gasteiger partial charge in [0.05, 0.1) is 25.5 Å². The van der Waals surface area contributed by atoms with Gasteiger partial charge in [0.15, 0.2) is 6.29 Å². The molecule has 0 unspecified atom stereocenters. The van der Waals surface area contributed by atoms with E-state index in [1.54, 1.807) is 20.8 Å². The standard InChI is InChI=1S/C25H33N3O7S/c1-15-12-17(22-32-10-7-11-33-22)13-16(2)20(15)34-21-18-8-9-28(24(29)35-25(3,4)5)14-19(18)26-23(27-21)36(6,30)31/h12-13,22H,7-11,14H2,1-6H3. The van der Waals surface area contributed by atoms with Gasteiger partial charge in [-0.1, -0.05) is 0 Å². The molecule has 11 heteroatoms. The van der Waals surface area contributed by atoms with E-state index in [1.807, 2.05) is 26.0 Å². The number of fused-ring (bicyclic) bond motifs is 1. The third-order valence-corrected chi connectivity index (χ3v) is 6.62. The van der Waals surface area contributed by atoms with Crippen molar-refractivity contribution in [3.63, 3.8) is 0 Å². The maximum absolute atomic E-state index is 12.6. The molecule has 0 radical (unpaired) electrons. The molecule has 1 aromatic carbocycles. The summed E-state index contributed by atoms with van der Waals surface area (Å²) in [4.78, 5) is 22.7. The fraction of sp³-hybridized carbons (Fsp3) is 0.560. The minimum absolute atomic E-state index is 0.0961. The lowest BCUT2D eigenvalue weighted by molar-refractivity contribution is -0.183. The Morgan fingerprint density at radius 1 is 1.11 bits per heavy atom. The zero-order chi connectivity index (χ0) is 26.3. The maximum atomic E-state index is 12.6. The van der Waals surface area contributed by atoms with Gasteiger partial charge in [-0.2, -0.15) is 4.98 Å². The van der Waals surface area contributed by atoms with Gasteiger partial charge in [-0.05, 0) is 70.7 Å². The number of amides is 1. The van der Waals surface area contributed by atoms with Crippen molar-refractivity contribution in [2.24, 2.45) is 0 Å². The summed E-state index contributed by atoms with van der Waals surface area (Å²) in [6, 6.07) is 3.88. The molecule has 4 rings (SSSR count). The van der Waals surface area contributed by atoms with E-state index in [1.165, 1.54) is 4.90 Å². The first-order valence-electron chi connectivity index (χ1n) is 11.9. The third kappa shape index (κ3) is 5.96. The van der Waals surface area contributed by atoms with Crippen LogP contribution in [0.3, 0.4) is 0 Å². The Morgan fingerprint density at radius 2 is 1.75 bits per heavy atom. The quantitative estimate of drug-likeness (QED) is 0.552. The van der Waals surface area contributed by atoms with Crippen molar-refractivity contribution in [1.82, 2.24) is 14.9 Å². The largest absolute Gasteiger partial charge is 0.444 e. The summed E-state index contributed by atoms with van der Waals surface area (Å²) in [5, 5.41) is -0.349. The van der Waals surface area contributed by atoms with Crippen LogP contribution < -0.4 is 4.74 Å². The van der Waals surface area contributed by atoms with Crippen molar-refractivity contribution < 1.29 is 32.2 Å². The molecule has 2 aromatic rings. The van der Waals surface area contributed by atoms with E-state index in [0.717, 1.165) is 29.4 Å². The Labute approximate surface area is 211 Å². The molecule has 196 valence electrons. The summed E-state index contributed by atoms with van der Waals surface area (Å²) >= 11 is 0. The van der Waals surface area contributed by atoms with Gasteiger partial charge in [0.2, 0.25) is 20.9 Å². The minimum atomic E-state index is -3.73. The molecule has 0 N–H and O–H groups in total. The van der Waals surface area contributed by atoms with Crippen molar-refractivity contribution >= 4 is 15.9 Å². The van der Waals surface area contributed by atoms with E-state index in [2.05, 4.69) is 9.97 Å². The Bertz CT molecular complexity index is 1240. The van der Waals surface area contributed by atoms with Gasteiger partial charge in [-0.3, -0.25) is 0 Å². The molecule has 0 spiro atoms. The highest BCUT2D eigenvalue weighted by Crippen LogP contribution is 2.36. The van der Waals surface area contributed by atoms with Crippen LogP contribution >= 0.6 is 0 Å². The minimum Gasteiger partial charge on any atom is -0.444 e. The van der Waals surface area contributed by atoms with Gasteiger partial charge in [0.1, 0.15) is 11.4 Å². The van der Waals surface area contributed by atoms with Crippen molar-refractivity contribution in [1.29, 1.82) is 0 Å². The predicted octanol–water partition coefficient (Wildman–Crippen LogP) is 4.02. The topological polar surface area (TPSA) is 117 Å². The molecular weight excluding hydrogens is 486 g/mol. The first kappa shape index (κ1) is 26.3. The van der Waals surface area contributed by atoms with Gasteiger partial charge in [0, 0.05) is 23.9 Å². The second kappa shape index (κ2) is 9.95. The fourth-order valence-corrected chi connectivity index (χ4v) is 4.69. The zero-order valence-electron chi connectivity index (χ0n) is 21.6. The molecule has 0 saturated carbocycles. The second-order valence-corrected chi connectivity index (χ2v) is 12.1. The molecule has 10 nitrogen and oxygen atoms in total. The Balaban J connectivity index is 1.67. The average molecular weight is 520 g/mol. The molecule has 3 heterocycles. The molecule has 0 atom stereocenters. The first-order chi connectivity index (χ1) is 16.8. The van der Waals surface area contributed by atoms with Crippen LogP contribution in [0.25, 0.3) is 0 Å². The Morgan fingerprint density at radius 3 is 2.33 bits per heavy atom. The number of rotatable bonds is 4. The molecule has 0 aliphatic carbocycles. The number of hydrogen-bond acceptors (Lipinski definition) is 9. The molecule has 2 aliphatic heterocycles. The summed E-state index contributed by atoms with van der Waals surface area (Å²) < 4.78 is 47.9. The van der Waals surface area contributed by atoms with Gasteiger partial charge in [-0.25, -0.2) is 18.2 Å². The van der Waals surface area contributed by atoms with Crippen molar-refractivity contribution in [2.45, 2.75) is 71.1 Å². The Hall–Kier alpha value is -2.76. The normalized spacial score (nSPS) is 17.0. The SMILES string of the molecule is Cc1cc(C2OCCCO2)cc(C)c1Oc1nc(S(C)(=O)=O)nc2c1CCN(C(=O)OC(C)(C)C)C2. The van der Waals surface area contributed by atoms with Gasteiger partial charge >= 0.3 is 6.09 Å². The number of nitrogens with zero attached hydrogens (tertiary/aromatic N) is 3. The number of sulfone groups is 1. The van der Waals surface area contributed by atoms with Crippen LogP contribution in [0.2, 0.25) is 0 Å². The van der Waals surface area contributed by atoms with Crippen molar-refractivity contribution in [3.8, 4) is 11.6 Å². The van der Waals surface area contributed by atoms with Crippen LogP contribution in [-0.2, 0) is 37.0 Å². The summed E-state index contributed by atoms with van der Waals surface area (Å²) in [5.41, 5.74) is 3.01. The summed E-state index contributed by atoms with van der Waals surface area (Å²) in [6.45, 7) is 10.9. The lowest BCUT2D eigenvalue weighted by atomic mass is 10.0. The second-order valence-electron chi connectivity index (χ2n) is 10.2. The highest BCUT2D eigenvalue weighted by atomic mass is 32.2. The number of hydrogen-bond donors (Lipinski definition) is 0. The van der Waals surface area contributed by atoms with Crippen LogP contribution in [0.4, 0.5) is 4.79 Å². The van der Waals surface area contributed by atoms with Crippen LogP contribution in [0, 0.1) is 13.8 Å². The first-order valence-corrected chi connectivity index (χ1v) is 13.8. The molecule has 1 aromatic heterocycles. The summed E-state index contributed by atoms with van der Waals surface area (Å²) in [6.07, 6.45) is 1.40. The lowest BCUT2D eigenvalue weighted by Crippen LogP contribution is -2.40. The number of carbonyl (C=O) groups excluding carboxylic acids is 1. The summed E-state index contributed by atoms with van der Waals surface area (Å²) in [7, 11) is -3.73. The molecule has 2 aliphatic rings. The van der Waals surface area contributed by atoms with Gasteiger partial charge < -0.3 is 23.8 Å². The third-order valence-electron chi connectivity index (χ3n) is 5.77. The van der Waals surface area contributed by atoms with E-state index in [9.17, 15) is 13.2 Å². The highest BCUT2D eigenvalue weighted by molar-refractivity contribution is 7.90. The van der Waals surface area contributed by atoms with Crippen LogP contribution in [0.15, 0.2) is 17.3 Å². The average Bonchev–Trinajstić information content (AvgIpc) is 2.79. The molecule has 1 saturated heterocycles. The van der Waals surface area contributed by atoms with Crippen molar-refractivity contribution in [2.75, 3.05) is 26.0 Å². The molecule has 1 amide bonds. The van der Waals surface area contributed by atoms with E-state index >= 15 is 0 Å². The number of aryl methyl sites for hydroxylation is 2. The van der Waals surface area contributed by atoms with Crippen molar-refractivity contribution in [3.05, 3.63) is 40.1 Å².